The quantitative estimate of drug-likeness (QED) is 0.596. The van der Waals surface area contributed by atoms with Gasteiger partial charge in [-0.3, -0.25) is 9.59 Å². The first-order chi connectivity index (χ1) is 13.5. The van der Waals surface area contributed by atoms with E-state index in [9.17, 15) is 14.0 Å². The zero-order valence-electron chi connectivity index (χ0n) is 15.1. The molecule has 0 aliphatic rings. The van der Waals surface area contributed by atoms with Crippen LogP contribution in [0.25, 0.3) is 16.6 Å². The van der Waals surface area contributed by atoms with E-state index in [-0.39, 0.29) is 23.8 Å². The summed E-state index contributed by atoms with van der Waals surface area (Å²) >= 11 is 0. The summed E-state index contributed by atoms with van der Waals surface area (Å²) in [6.07, 6.45) is 3.28. The van der Waals surface area contributed by atoms with E-state index < -0.39 is 0 Å². The van der Waals surface area contributed by atoms with Gasteiger partial charge in [0, 0.05) is 31.2 Å². The number of fused-ring (bicyclic) bond motifs is 1. The molecule has 0 unspecified atom stereocenters. The van der Waals surface area contributed by atoms with Crippen LogP contribution in [0.15, 0.2) is 71.8 Å². The minimum atomic E-state index is -0.323. The molecule has 0 bridgehead atoms. The van der Waals surface area contributed by atoms with Gasteiger partial charge in [-0.25, -0.2) is 9.07 Å². The Balaban J connectivity index is 1.61. The lowest BCUT2D eigenvalue weighted by Crippen LogP contribution is -2.24. The van der Waals surface area contributed by atoms with Crippen molar-refractivity contribution in [1.29, 1.82) is 0 Å². The summed E-state index contributed by atoms with van der Waals surface area (Å²) in [7, 11) is 1.67. The average molecular weight is 376 g/mol. The number of benzene rings is 2. The maximum Gasteiger partial charge on any atom is 0.252 e. The first-order valence-electron chi connectivity index (χ1n) is 8.69. The molecule has 1 N–H and O–H groups in total. The molecule has 6 nitrogen and oxygen atoms in total. The van der Waals surface area contributed by atoms with E-state index >= 15 is 0 Å². The van der Waals surface area contributed by atoms with Gasteiger partial charge in [-0.05, 0) is 48.0 Å². The van der Waals surface area contributed by atoms with E-state index in [0.29, 0.717) is 16.6 Å². The number of rotatable bonds is 4. The van der Waals surface area contributed by atoms with Gasteiger partial charge in [-0.2, -0.15) is 5.10 Å². The molecule has 4 aromatic rings. The van der Waals surface area contributed by atoms with Crippen molar-refractivity contribution in [3.05, 3.63) is 94.3 Å². The van der Waals surface area contributed by atoms with Crippen LogP contribution in [0.5, 0.6) is 0 Å². The number of nitrogens with zero attached hydrogens (tertiary/aromatic N) is 3. The lowest BCUT2D eigenvalue weighted by Gasteiger charge is -2.08. The molecule has 0 radical (unpaired) electrons. The summed E-state index contributed by atoms with van der Waals surface area (Å²) in [5, 5.41) is 7.87. The maximum absolute atomic E-state index is 13.2. The fourth-order valence-corrected chi connectivity index (χ4v) is 3.01. The highest BCUT2D eigenvalue weighted by Gasteiger charge is 2.14. The Kier molecular flexibility index (Phi) is 4.49. The zero-order valence-corrected chi connectivity index (χ0v) is 15.1. The molecule has 1 amide bonds. The predicted molar refractivity (Wildman–Crippen MR) is 104 cm³/mol. The number of aromatic nitrogens is 3. The molecule has 28 heavy (non-hydrogen) atoms. The van der Waals surface area contributed by atoms with Crippen LogP contribution in [0.3, 0.4) is 0 Å². The molecule has 0 aliphatic carbocycles. The third-order valence-corrected chi connectivity index (χ3v) is 4.55. The summed E-state index contributed by atoms with van der Waals surface area (Å²) in [4.78, 5) is 24.4. The molecule has 0 fully saturated rings. The van der Waals surface area contributed by atoms with Gasteiger partial charge in [0.2, 0.25) is 0 Å². The monoisotopic (exact) mass is 376 g/mol. The van der Waals surface area contributed by atoms with E-state index in [2.05, 4.69) is 10.4 Å². The Hall–Kier alpha value is -3.74. The summed E-state index contributed by atoms with van der Waals surface area (Å²) in [5.41, 5.74) is 2.52. The van der Waals surface area contributed by atoms with E-state index in [1.807, 2.05) is 6.07 Å². The molecule has 7 heteroatoms. The highest BCUT2D eigenvalue weighted by molar-refractivity contribution is 6.06. The number of carbonyl (C=O) groups is 1. The van der Waals surface area contributed by atoms with Crippen molar-refractivity contribution in [2.75, 3.05) is 0 Å². The third kappa shape index (κ3) is 3.29. The number of pyridine rings is 1. The predicted octanol–water partition coefficient (Wildman–Crippen LogP) is 2.79. The molecule has 0 aliphatic heterocycles. The largest absolute Gasteiger partial charge is 0.348 e. The van der Waals surface area contributed by atoms with Crippen molar-refractivity contribution in [3.8, 4) is 5.69 Å². The van der Waals surface area contributed by atoms with Crippen LogP contribution in [0.4, 0.5) is 4.39 Å². The first kappa shape index (κ1) is 17.7. The van der Waals surface area contributed by atoms with Crippen LogP contribution in [0, 0.1) is 5.82 Å². The fourth-order valence-electron chi connectivity index (χ4n) is 3.01. The molecular formula is C21H17FN4O2. The molecule has 0 spiro atoms. The number of hydrogen-bond acceptors (Lipinski definition) is 3. The Bertz CT molecular complexity index is 1230. The Morgan fingerprint density at radius 1 is 1.14 bits per heavy atom. The van der Waals surface area contributed by atoms with Crippen molar-refractivity contribution in [2.24, 2.45) is 7.05 Å². The fraction of sp³-hybridized carbons (Fsp3) is 0.0952. The van der Waals surface area contributed by atoms with Gasteiger partial charge in [0.1, 0.15) is 5.82 Å². The van der Waals surface area contributed by atoms with Gasteiger partial charge in [0.05, 0.1) is 23.0 Å². The molecule has 140 valence electrons. The second-order valence-electron chi connectivity index (χ2n) is 6.44. The normalized spacial score (nSPS) is 10.9. The Labute approximate surface area is 159 Å². The van der Waals surface area contributed by atoms with Gasteiger partial charge in [0.15, 0.2) is 0 Å². The summed E-state index contributed by atoms with van der Waals surface area (Å²) in [6, 6.07) is 14.6. The Morgan fingerprint density at radius 3 is 2.68 bits per heavy atom. The topological polar surface area (TPSA) is 68.9 Å². The van der Waals surface area contributed by atoms with Crippen LogP contribution in [-0.4, -0.2) is 20.3 Å². The highest BCUT2D eigenvalue weighted by Crippen LogP contribution is 2.22. The molecule has 0 atom stereocenters. The average Bonchev–Trinajstić information content (AvgIpc) is 3.13. The minimum Gasteiger partial charge on any atom is -0.348 e. The van der Waals surface area contributed by atoms with Gasteiger partial charge >= 0.3 is 0 Å². The smallest absolute Gasteiger partial charge is 0.252 e. The van der Waals surface area contributed by atoms with E-state index in [4.69, 9.17) is 0 Å². The van der Waals surface area contributed by atoms with Crippen LogP contribution in [0.1, 0.15) is 15.9 Å². The first-order valence-corrected chi connectivity index (χ1v) is 8.69. The number of amides is 1. The van der Waals surface area contributed by atoms with Crippen LogP contribution in [-0.2, 0) is 13.6 Å². The van der Waals surface area contributed by atoms with Gasteiger partial charge < -0.3 is 9.88 Å². The Morgan fingerprint density at radius 2 is 1.93 bits per heavy atom. The number of halogens is 1. The molecule has 2 aromatic carbocycles. The van der Waals surface area contributed by atoms with Crippen LogP contribution >= 0.6 is 0 Å². The van der Waals surface area contributed by atoms with Gasteiger partial charge in [0.25, 0.3) is 11.5 Å². The molecule has 2 aromatic heterocycles. The molecular weight excluding hydrogens is 359 g/mol. The molecule has 4 rings (SSSR count). The second-order valence-corrected chi connectivity index (χ2v) is 6.44. The second kappa shape index (κ2) is 7.11. The summed E-state index contributed by atoms with van der Waals surface area (Å²) in [6.45, 7) is 0.247. The lowest BCUT2D eigenvalue weighted by molar-refractivity contribution is 0.0952. The van der Waals surface area contributed by atoms with Crippen molar-refractivity contribution < 1.29 is 9.18 Å². The standard InChI is InChI=1S/C21H17FN4O2/c1-25-10-9-14(11-20(25)27)12-23-21(28)17-3-2-4-19-18(17)13-24-26(19)16-7-5-15(22)6-8-16/h2-11,13H,12H2,1H3,(H,23,28). The van der Waals surface area contributed by atoms with Crippen LogP contribution in [0.2, 0.25) is 0 Å². The van der Waals surface area contributed by atoms with Crippen molar-refractivity contribution in [1.82, 2.24) is 19.7 Å². The van der Waals surface area contributed by atoms with Gasteiger partial charge in [-0.1, -0.05) is 6.07 Å². The molecule has 0 saturated heterocycles. The van der Waals surface area contributed by atoms with Crippen molar-refractivity contribution in [2.45, 2.75) is 6.54 Å². The van der Waals surface area contributed by atoms with E-state index in [1.165, 1.54) is 22.8 Å². The SMILES string of the molecule is Cn1ccc(CNC(=O)c2cccc3c2cnn3-c2ccc(F)cc2)cc1=O. The van der Waals surface area contributed by atoms with Crippen molar-refractivity contribution in [3.63, 3.8) is 0 Å². The zero-order chi connectivity index (χ0) is 19.7. The maximum atomic E-state index is 13.2. The number of aryl methyl sites for hydroxylation is 1. The number of hydrogen-bond donors (Lipinski definition) is 1. The lowest BCUT2D eigenvalue weighted by atomic mass is 10.1. The van der Waals surface area contributed by atoms with E-state index in [0.717, 1.165) is 11.1 Å². The molecule has 0 saturated carbocycles. The van der Waals surface area contributed by atoms with Gasteiger partial charge in [-0.15, -0.1) is 0 Å². The number of carbonyl (C=O) groups excluding carboxylic acids is 1. The van der Waals surface area contributed by atoms with Crippen molar-refractivity contribution >= 4 is 16.8 Å². The summed E-state index contributed by atoms with van der Waals surface area (Å²) in [5.74, 6) is -0.582. The molecule has 2 heterocycles. The minimum absolute atomic E-state index is 0.130. The van der Waals surface area contributed by atoms with Crippen LogP contribution < -0.4 is 10.9 Å². The number of nitrogens with one attached hydrogen (secondary N) is 1. The highest BCUT2D eigenvalue weighted by atomic mass is 19.1. The summed E-state index contributed by atoms with van der Waals surface area (Å²) < 4.78 is 16.3. The van der Waals surface area contributed by atoms with E-state index in [1.54, 1.807) is 54.5 Å². The third-order valence-electron chi connectivity index (χ3n) is 4.55.